The van der Waals surface area contributed by atoms with Crippen molar-refractivity contribution in [1.82, 2.24) is 10.2 Å². The van der Waals surface area contributed by atoms with Crippen LogP contribution >= 0.6 is 0 Å². The van der Waals surface area contributed by atoms with Crippen molar-refractivity contribution in [2.75, 3.05) is 0 Å². The van der Waals surface area contributed by atoms with E-state index < -0.39 is 12.1 Å². The number of aryl methyl sites for hydroxylation is 1. The van der Waals surface area contributed by atoms with E-state index in [2.05, 4.69) is 5.32 Å². The van der Waals surface area contributed by atoms with Gasteiger partial charge < -0.3 is 10.2 Å². The molecule has 0 aromatic heterocycles. The Labute approximate surface area is 124 Å². The van der Waals surface area contributed by atoms with Gasteiger partial charge in [0.2, 0.25) is 11.8 Å². The summed E-state index contributed by atoms with van der Waals surface area (Å²) in [6, 6.07) is 3.45. The maximum absolute atomic E-state index is 13.4. The third-order valence-electron chi connectivity index (χ3n) is 3.90. The van der Waals surface area contributed by atoms with Crippen molar-refractivity contribution in [2.24, 2.45) is 5.92 Å². The summed E-state index contributed by atoms with van der Waals surface area (Å²) >= 11 is 0. The largest absolute Gasteiger partial charge is 0.343 e. The molecule has 2 unspecified atom stereocenters. The fourth-order valence-electron chi connectivity index (χ4n) is 2.72. The summed E-state index contributed by atoms with van der Waals surface area (Å²) in [4.78, 5) is 26.1. The molecule has 1 aromatic rings. The third-order valence-corrected chi connectivity index (χ3v) is 3.90. The number of benzene rings is 1. The van der Waals surface area contributed by atoms with Crippen LogP contribution in [-0.2, 0) is 16.1 Å². The Bertz CT molecular complexity index is 571. The van der Waals surface area contributed by atoms with E-state index >= 15 is 0 Å². The van der Waals surface area contributed by atoms with Gasteiger partial charge in [-0.25, -0.2) is 4.39 Å². The van der Waals surface area contributed by atoms with Gasteiger partial charge in [0.15, 0.2) is 0 Å². The molecule has 0 bridgehead atoms. The quantitative estimate of drug-likeness (QED) is 0.926. The summed E-state index contributed by atoms with van der Waals surface area (Å²) in [5.74, 6) is -0.614. The Morgan fingerprint density at radius 2 is 2.00 bits per heavy atom. The molecule has 2 rings (SSSR count). The number of amides is 2. The number of hydrogen-bond acceptors (Lipinski definition) is 2. The van der Waals surface area contributed by atoms with Gasteiger partial charge in [0.25, 0.3) is 0 Å². The van der Waals surface area contributed by atoms with Gasteiger partial charge in [-0.1, -0.05) is 19.9 Å². The van der Waals surface area contributed by atoms with Gasteiger partial charge in [-0.05, 0) is 43.0 Å². The topological polar surface area (TPSA) is 49.4 Å². The molecule has 1 N–H and O–H groups in total. The maximum Gasteiger partial charge on any atom is 0.245 e. The fraction of sp³-hybridized carbons (Fsp3) is 0.500. The Balaban J connectivity index is 2.35. The number of carbonyl (C=O) groups is 2. The summed E-state index contributed by atoms with van der Waals surface area (Å²) in [7, 11) is 0. The van der Waals surface area contributed by atoms with E-state index in [1.54, 1.807) is 17.9 Å². The zero-order chi connectivity index (χ0) is 15.7. The molecule has 0 saturated carbocycles. The highest BCUT2D eigenvalue weighted by Crippen LogP contribution is 2.22. The Kier molecular flexibility index (Phi) is 4.30. The molecule has 0 radical (unpaired) electrons. The second-order valence-electron chi connectivity index (χ2n) is 5.96. The summed E-state index contributed by atoms with van der Waals surface area (Å²) in [5.41, 5.74) is 1.64. The lowest BCUT2D eigenvalue weighted by Gasteiger charge is -2.40. The molecule has 2 amide bonds. The molecule has 2 atom stereocenters. The van der Waals surface area contributed by atoms with Gasteiger partial charge in [0, 0.05) is 6.54 Å². The van der Waals surface area contributed by atoms with Crippen molar-refractivity contribution in [3.05, 3.63) is 35.1 Å². The molecule has 21 heavy (non-hydrogen) atoms. The lowest BCUT2D eigenvalue weighted by Crippen LogP contribution is -2.63. The molecule has 0 spiro atoms. The van der Waals surface area contributed by atoms with E-state index in [0.29, 0.717) is 0 Å². The number of rotatable bonds is 3. The minimum absolute atomic E-state index is 0.00434. The summed E-state index contributed by atoms with van der Waals surface area (Å²) in [6.07, 6.45) is 0. The normalized spacial score (nSPS) is 22.7. The molecule has 1 aromatic carbocycles. The highest BCUT2D eigenvalue weighted by molar-refractivity contribution is 5.96. The third kappa shape index (κ3) is 3.06. The van der Waals surface area contributed by atoms with Crippen LogP contribution in [0.1, 0.15) is 31.9 Å². The Morgan fingerprint density at radius 3 is 2.62 bits per heavy atom. The van der Waals surface area contributed by atoms with Crippen LogP contribution in [-0.4, -0.2) is 28.8 Å². The molecule has 5 heteroatoms. The van der Waals surface area contributed by atoms with E-state index in [1.165, 1.54) is 12.1 Å². The van der Waals surface area contributed by atoms with E-state index in [0.717, 1.165) is 11.1 Å². The van der Waals surface area contributed by atoms with Crippen LogP contribution in [0.3, 0.4) is 0 Å². The molecule has 114 valence electrons. The van der Waals surface area contributed by atoms with Crippen molar-refractivity contribution in [2.45, 2.75) is 46.3 Å². The lowest BCUT2D eigenvalue weighted by molar-refractivity contribution is -0.151. The highest BCUT2D eigenvalue weighted by Gasteiger charge is 2.40. The van der Waals surface area contributed by atoms with Crippen molar-refractivity contribution in [3.8, 4) is 0 Å². The second-order valence-corrected chi connectivity index (χ2v) is 5.96. The summed E-state index contributed by atoms with van der Waals surface area (Å²) in [6.45, 7) is 7.60. The molecule has 0 aliphatic carbocycles. The molecule has 1 saturated heterocycles. The van der Waals surface area contributed by atoms with Crippen molar-refractivity contribution in [1.29, 1.82) is 0 Å². The zero-order valence-corrected chi connectivity index (χ0v) is 12.8. The van der Waals surface area contributed by atoms with Crippen LogP contribution in [0.5, 0.6) is 0 Å². The number of nitrogens with zero attached hydrogens (tertiary/aromatic N) is 1. The first-order chi connectivity index (χ1) is 9.81. The van der Waals surface area contributed by atoms with Crippen molar-refractivity contribution < 1.29 is 14.0 Å². The van der Waals surface area contributed by atoms with E-state index in [-0.39, 0.29) is 30.1 Å². The van der Waals surface area contributed by atoms with Crippen LogP contribution in [0.4, 0.5) is 4.39 Å². The standard InChI is InChI=1S/C16H21FN2O2/c1-9(2)14-15(20)18-11(4)16(21)19(14)8-12-7-13(17)6-5-10(12)3/h5-7,9,11,14H,8H2,1-4H3,(H,18,20). The Hall–Kier alpha value is -1.91. The number of halogens is 1. The molecule has 1 fully saturated rings. The molecular weight excluding hydrogens is 271 g/mol. The first-order valence-electron chi connectivity index (χ1n) is 7.17. The van der Waals surface area contributed by atoms with Crippen LogP contribution < -0.4 is 5.32 Å². The van der Waals surface area contributed by atoms with Crippen LogP contribution in [0.15, 0.2) is 18.2 Å². The number of carbonyl (C=O) groups excluding carboxylic acids is 2. The van der Waals surface area contributed by atoms with Crippen LogP contribution in [0.2, 0.25) is 0 Å². The van der Waals surface area contributed by atoms with Gasteiger partial charge in [0.05, 0.1) is 0 Å². The second kappa shape index (κ2) is 5.84. The minimum Gasteiger partial charge on any atom is -0.343 e. The minimum atomic E-state index is -0.540. The molecule has 1 aliphatic rings. The van der Waals surface area contributed by atoms with Crippen LogP contribution in [0.25, 0.3) is 0 Å². The molecular formula is C16H21FN2O2. The predicted molar refractivity (Wildman–Crippen MR) is 77.9 cm³/mol. The van der Waals surface area contributed by atoms with Gasteiger partial charge in [0.1, 0.15) is 17.9 Å². The average molecular weight is 292 g/mol. The monoisotopic (exact) mass is 292 g/mol. The smallest absolute Gasteiger partial charge is 0.245 e. The van der Waals surface area contributed by atoms with Gasteiger partial charge in [-0.2, -0.15) is 0 Å². The number of nitrogens with one attached hydrogen (secondary N) is 1. The van der Waals surface area contributed by atoms with Gasteiger partial charge >= 0.3 is 0 Å². The number of hydrogen-bond donors (Lipinski definition) is 1. The number of piperazine rings is 1. The summed E-state index contributed by atoms with van der Waals surface area (Å²) in [5, 5.41) is 2.70. The van der Waals surface area contributed by atoms with E-state index in [9.17, 15) is 14.0 Å². The van der Waals surface area contributed by atoms with Gasteiger partial charge in [-0.3, -0.25) is 9.59 Å². The van der Waals surface area contributed by atoms with Crippen molar-refractivity contribution in [3.63, 3.8) is 0 Å². The van der Waals surface area contributed by atoms with E-state index in [1.807, 2.05) is 20.8 Å². The average Bonchev–Trinajstić information content (AvgIpc) is 2.39. The summed E-state index contributed by atoms with van der Waals surface area (Å²) < 4.78 is 13.4. The molecule has 1 heterocycles. The first-order valence-corrected chi connectivity index (χ1v) is 7.17. The fourth-order valence-corrected chi connectivity index (χ4v) is 2.72. The highest BCUT2D eigenvalue weighted by atomic mass is 19.1. The Morgan fingerprint density at radius 1 is 1.33 bits per heavy atom. The first kappa shape index (κ1) is 15.5. The SMILES string of the molecule is Cc1ccc(F)cc1CN1C(=O)C(C)NC(=O)C1C(C)C. The lowest BCUT2D eigenvalue weighted by atomic mass is 9.96. The van der Waals surface area contributed by atoms with E-state index in [4.69, 9.17) is 0 Å². The maximum atomic E-state index is 13.4. The zero-order valence-electron chi connectivity index (χ0n) is 12.8. The molecule has 4 nitrogen and oxygen atoms in total. The predicted octanol–water partition coefficient (Wildman–Crippen LogP) is 2.01. The van der Waals surface area contributed by atoms with Gasteiger partial charge in [-0.15, -0.1) is 0 Å². The van der Waals surface area contributed by atoms with Crippen molar-refractivity contribution >= 4 is 11.8 Å². The molecule has 1 aliphatic heterocycles. The van der Waals surface area contributed by atoms with Crippen LogP contribution in [0, 0.1) is 18.7 Å².